The van der Waals surface area contributed by atoms with Gasteiger partial charge in [-0.15, -0.1) is 11.6 Å². The molecule has 1 aromatic heterocycles. The average molecular weight is 439 g/mol. The molecule has 4 rings (SSSR count). The highest BCUT2D eigenvalue weighted by Gasteiger charge is 2.31. The molecule has 1 saturated carbocycles. The summed E-state index contributed by atoms with van der Waals surface area (Å²) in [7, 11) is 0. The van der Waals surface area contributed by atoms with Crippen LogP contribution in [0, 0.1) is 5.82 Å². The molecule has 1 amide bonds. The summed E-state index contributed by atoms with van der Waals surface area (Å²) in [4.78, 5) is 15.5. The normalized spacial score (nSPS) is 15.5. The summed E-state index contributed by atoms with van der Waals surface area (Å²) in [6, 6.07) is 20.4. The highest BCUT2D eigenvalue weighted by molar-refractivity contribution is 6.30. The number of aromatic nitrogens is 1. The fourth-order valence-electron chi connectivity index (χ4n) is 4.44. The quantitative estimate of drug-likeness (QED) is 0.396. The molecule has 5 heteroatoms. The number of nitrogens with zero attached hydrogens (tertiary/aromatic N) is 2. The van der Waals surface area contributed by atoms with E-state index in [1.807, 2.05) is 59.6 Å². The summed E-state index contributed by atoms with van der Waals surface area (Å²) >= 11 is 6.66. The van der Waals surface area contributed by atoms with Crippen molar-refractivity contribution in [3.63, 3.8) is 0 Å². The van der Waals surface area contributed by atoms with E-state index in [0.717, 1.165) is 42.5 Å². The molecule has 162 valence electrons. The first-order chi connectivity index (χ1) is 15.1. The molecule has 3 aromatic rings. The smallest absolute Gasteiger partial charge is 0.245 e. The van der Waals surface area contributed by atoms with Crippen LogP contribution in [-0.4, -0.2) is 21.4 Å². The van der Waals surface area contributed by atoms with Gasteiger partial charge in [0, 0.05) is 24.5 Å². The maximum atomic E-state index is 13.6. The summed E-state index contributed by atoms with van der Waals surface area (Å²) in [5.41, 5.74) is 2.75. The van der Waals surface area contributed by atoms with Gasteiger partial charge in [0.05, 0.1) is 6.54 Å². The molecule has 1 aliphatic carbocycles. The Labute approximate surface area is 188 Å². The van der Waals surface area contributed by atoms with Crippen molar-refractivity contribution in [2.45, 2.75) is 56.6 Å². The van der Waals surface area contributed by atoms with Gasteiger partial charge in [0.15, 0.2) is 0 Å². The lowest BCUT2D eigenvalue weighted by Gasteiger charge is -2.36. The summed E-state index contributed by atoms with van der Waals surface area (Å²) in [5, 5.41) is -0.699. The zero-order valence-corrected chi connectivity index (χ0v) is 18.3. The van der Waals surface area contributed by atoms with Crippen LogP contribution in [0.1, 0.15) is 54.3 Å². The van der Waals surface area contributed by atoms with Crippen molar-refractivity contribution in [2.75, 3.05) is 0 Å². The van der Waals surface area contributed by atoms with Gasteiger partial charge in [-0.3, -0.25) is 4.79 Å². The molecular formula is C26H28ClFN2O. The van der Waals surface area contributed by atoms with Gasteiger partial charge in [-0.25, -0.2) is 4.39 Å². The van der Waals surface area contributed by atoms with Crippen LogP contribution < -0.4 is 0 Å². The Morgan fingerprint density at radius 1 is 1.03 bits per heavy atom. The lowest BCUT2D eigenvalue weighted by Crippen LogP contribution is -2.43. The van der Waals surface area contributed by atoms with Crippen LogP contribution in [0.3, 0.4) is 0 Å². The molecule has 1 aliphatic rings. The molecule has 3 nitrogen and oxygen atoms in total. The van der Waals surface area contributed by atoms with Gasteiger partial charge >= 0.3 is 0 Å². The minimum absolute atomic E-state index is 0.0433. The second-order valence-corrected chi connectivity index (χ2v) is 8.72. The summed E-state index contributed by atoms with van der Waals surface area (Å²) in [6.45, 7) is 1.07. The van der Waals surface area contributed by atoms with E-state index in [1.54, 1.807) is 12.1 Å². The molecule has 0 spiro atoms. The van der Waals surface area contributed by atoms with Crippen LogP contribution in [0.5, 0.6) is 0 Å². The Balaban J connectivity index is 1.57. The Morgan fingerprint density at radius 2 is 1.81 bits per heavy atom. The van der Waals surface area contributed by atoms with Crippen LogP contribution in [0.2, 0.25) is 0 Å². The highest BCUT2D eigenvalue weighted by Crippen LogP contribution is 2.30. The first-order valence-electron chi connectivity index (χ1n) is 11.0. The van der Waals surface area contributed by atoms with Gasteiger partial charge in [-0.2, -0.15) is 0 Å². The van der Waals surface area contributed by atoms with Crippen LogP contribution in [-0.2, 0) is 17.9 Å². The molecule has 31 heavy (non-hydrogen) atoms. The van der Waals surface area contributed by atoms with Crippen LogP contribution in [0.4, 0.5) is 4.39 Å². The summed E-state index contributed by atoms with van der Waals surface area (Å²) in [5.74, 6) is -0.281. The summed E-state index contributed by atoms with van der Waals surface area (Å²) in [6.07, 6.45) is 7.49. The van der Waals surface area contributed by atoms with Gasteiger partial charge in [0.2, 0.25) is 5.91 Å². The number of hydrogen-bond acceptors (Lipinski definition) is 1. The van der Waals surface area contributed by atoms with E-state index in [2.05, 4.69) is 4.57 Å². The molecule has 0 saturated heterocycles. The minimum Gasteiger partial charge on any atom is -0.345 e. The van der Waals surface area contributed by atoms with Crippen molar-refractivity contribution >= 4 is 17.5 Å². The van der Waals surface area contributed by atoms with Gasteiger partial charge in [-0.1, -0.05) is 61.7 Å². The first kappa shape index (κ1) is 21.6. The SMILES string of the molecule is O=C(C(Cl)c1ccccc1)N(Cc1cccn1Cc1cccc(F)c1)C1CCCCC1. The van der Waals surface area contributed by atoms with E-state index >= 15 is 0 Å². The topological polar surface area (TPSA) is 25.2 Å². The largest absolute Gasteiger partial charge is 0.345 e. The van der Waals surface area contributed by atoms with Gasteiger partial charge in [0.1, 0.15) is 11.2 Å². The average Bonchev–Trinajstić information content (AvgIpc) is 3.24. The predicted octanol–water partition coefficient (Wildman–Crippen LogP) is 6.32. The second kappa shape index (κ2) is 10.1. The van der Waals surface area contributed by atoms with Crippen molar-refractivity contribution in [2.24, 2.45) is 0 Å². The third-order valence-electron chi connectivity index (χ3n) is 6.11. The number of alkyl halides is 1. The lowest BCUT2D eigenvalue weighted by molar-refractivity contribution is -0.134. The Bertz CT molecular complexity index is 997. The van der Waals surface area contributed by atoms with Gasteiger partial charge in [-0.05, 0) is 48.2 Å². The highest BCUT2D eigenvalue weighted by atomic mass is 35.5. The van der Waals surface area contributed by atoms with Gasteiger partial charge < -0.3 is 9.47 Å². The van der Waals surface area contributed by atoms with Crippen molar-refractivity contribution in [1.82, 2.24) is 9.47 Å². The Kier molecular flexibility index (Phi) is 7.08. The van der Waals surface area contributed by atoms with Gasteiger partial charge in [0.25, 0.3) is 0 Å². The van der Waals surface area contributed by atoms with Crippen molar-refractivity contribution in [3.05, 3.63) is 95.6 Å². The van der Waals surface area contributed by atoms with Crippen LogP contribution in [0.15, 0.2) is 72.9 Å². The number of carbonyl (C=O) groups excluding carboxylic acids is 1. The van der Waals surface area contributed by atoms with E-state index in [0.29, 0.717) is 13.1 Å². The number of rotatable bonds is 7. The second-order valence-electron chi connectivity index (χ2n) is 8.29. The molecule has 1 heterocycles. The zero-order valence-electron chi connectivity index (χ0n) is 17.6. The molecule has 0 radical (unpaired) electrons. The number of hydrogen-bond donors (Lipinski definition) is 0. The first-order valence-corrected chi connectivity index (χ1v) is 11.4. The maximum absolute atomic E-state index is 13.6. The molecule has 1 atom stereocenters. The molecule has 0 aliphatic heterocycles. The van der Waals surface area contributed by atoms with Crippen LogP contribution >= 0.6 is 11.6 Å². The fraction of sp³-hybridized carbons (Fsp3) is 0.346. The fourth-order valence-corrected chi connectivity index (χ4v) is 4.71. The Hall–Kier alpha value is -2.59. The van der Waals surface area contributed by atoms with Crippen molar-refractivity contribution in [1.29, 1.82) is 0 Å². The van der Waals surface area contributed by atoms with Crippen molar-refractivity contribution in [3.8, 4) is 0 Å². The number of amides is 1. The predicted molar refractivity (Wildman–Crippen MR) is 122 cm³/mol. The molecule has 1 fully saturated rings. The zero-order chi connectivity index (χ0) is 21.6. The number of benzene rings is 2. The third kappa shape index (κ3) is 5.37. The monoisotopic (exact) mass is 438 g/mol. The van der Waals surface area contributed by atoms with E-state index in [9.17, 15) is 9.18 Å². The molecule has 0 N–H and O–H groups in total. The minimum atomic E-state index is -0.699. The van der Waals surface area contributed by atoms with Crippen molar-refractivity contribution < 1.29 is 9.18 Å². The third-order valence-corrected chi connectivity index (χ3v) is 6.54. The number of halogens is 2. The van der Waals surface area contributed by atoms with Crippen LogP contribution in [0.25, 0.3) is 0 Å². The van der Waals surface area contributed by atoms with E-state index in [-0.39, 0.29) is 17.8 Å². The molecule has 0 bridgehead atoms. The van der Waals surface area contributed by atoms with E-state index in [4.69, 9.17) is 11.6 Å². The van der Waals surface area contributed by atoms with E-state index < -0.39 is 5.38 Å². The number of carbonyl (C=O) groups is 1. The van der Waals surface area contributed by atoms with E-state index in [1.165, 1.54) is 12.5 Å². The molecule has 1 unspecified atom stereocenters. The molecular weight excluding hydrogens is 411 g/mol. The maximum Gasteiger partial charge on any atom is 0.245 e. The lowest BCUT2D eigenvalue weighted by atomic mass is 9.93. The standard InChI is InChI=1S/C26H28ClFN2O/c27-25(21-10-3-1-4-11-21)26(31)30(23-13-5-2-6-14-23)19-24-15-8-16-29(24)18-20-9-7-12-22(28)17-20/h1,3-4,7-12,15-17,23,25H,2,5-6,13-14,18-19H2. The molecule has 2 aromatic carbocycles. The Morgan fingerprint density at radius 3 is 2.55 bits per heavy atom. The summed E-state index contributed by atoms with van der Waals surface area (Å²) < 4.78 is 15.7.